The van der Waals surface area contributed by atoms with Crippen LogP contribution < -0.4 is 5.32 Å². The van der Waals surface area contributed by atoms with Gasteiger partial charge in [0.2, 0.25) is 0 Å². The van der Waals surface area contributed by atoms with Crippen LogP contribution in [0.5, 0.6) is 0 Å². The van der Waals surface area contributed by atoms with Gasteiger partial charge in [-0.15, -0.1) is 0 Å². The molecule has 1 atom stereocenters. The number of anilines is 1. The average molecular weight is 342 g/mol. The van der Waals surface area contributed by atoms with Crippen LogP contribution in [0.25, 0.3) is 0 Å². The van der Waals surface area contributed by atoms with Gasteiger partial charge in [0, 0.05) is 12.8 Å². The number of rotatable bonds is 2. The van der Waals surface area contributed by atoms with E-state index in [1.54, 1.807) is 6.07 Å². The van der Waals surface area contributed by atoms with Crippen molar-refractivity contribution in [1.29, 1.82) is 5.26 Å². The Morgan fingerprint density at radius 2 is 2.18 bits per heavy atom. The van der Waals surface area contributed by atoms with Crippen molar-refractivity contribution in [1.82, 2.24) is 4.98 Å². The Labute approximate surface area is 134 Å². The molecule has 2 fully saturated rings. The maximum atomic E-state index is 11.6. The van der Waals surface area contributed by atoms with Gasteiger partial charge < -0.3 is 10.1 Å². The minimum atomic E-state index is -2.95. The Kier molecular flexibility index (Phi) is 4.02. The fourth-order valence-electron chi connectivity index (χ4n) is 3.12. The van der Waals surface area contributed by atoms with Crippen molar-refractivity contribution in [2.24, 2.45) is 0 Å². The highest BCUT2D eigenvalue weighted by atomic mass is 35.5. The van der Waals surface area contributed by atoms with Crippen LogP contribution in [0, 0.1) is 11.3 Å². The first-order valence-corrected chi connectivity index (χ1v) is 9.31. The van der Waals surface area contributed by atoms with Gasteiger partial charge in [0.25, 0.3) is 0 Å². The number of sulfone groups is 1. The third-order valence-corrected chi connectivity index (χ3v) is 6.46. The van der Waals surface area contributed by atoms with Crippen molar-refractivity contribution in [2.45, 2.75) is 30.9 Å². The molecule has 0 bridgehead atoms. The zero-order valence-electron chi connectivity index (χ0n) is 11.9. The Hall–Kier alpha value is -1.36. The van der Waals surface area contributed by atoms with Crippen molar-refractivity contribution >= 4 is 27.3 Å². The molecule has 0 amide bonds. The van der Waals surface area contributed by atoms with E-state index in [4.69, 9.17) is 21.6 Å². The summed E-state index contributed by atoms with van der Waals surface area (Å²) in [4.78, 5) is 4.19. The lowest BCUT2D eigenvalue weighted by molar-refractivity contribution is -0.00871. The standard InChI is InChI=1S/C14H16ClN3O3S/c15-12-10(9-16)1-5-17-13(12)18-11-2-6-21-14(11)3-7-22(19,20)8-4-14/h1,5,11H,2-4,6-8H2,(H,17,18). The SMILES string of the molecule is N#Cc1ccnc(NC2CCOC23CCS(=O)(=O)CC3)c1Cl. The highest BCUT2D eigenvalue weighted by Crippen LogP contribution is 2.39. The van der Waals surface area contributed by atoms with Gasteiger partial charge in [-0.25, -0.2) is 13.4 Å². The van der Waals surface area contributed by atoms with Crippen LogP contribution in [0.3, 0.4) is 0 Å². The molecule has 1 aromatic heterocycles. The molecule has 0 radical (unpaired) electrons. The smallest absolute Gasteiger partial charge is 0.150 e. The fourth-order valence-corrected chi connectivity index (χ4v) is 4.85. The van der Waals surface area contributed by atoms with E-state index in [9.17, 15) is 8.42 Å². The summed E-state index contributed by atoms with van der Waals surface area (Å²) < 4.78 is 29.2. The van der Waals surface area contributed by atoms with Crippen LogP contribution in [-0.4, -0.2) is 43.2 Å². The van der Waals surface area contributed by atoms with E-state index >= 15 is 0 Å². The lowest BCUT2D eigenvalue weighted by Gasteiger charge is -2.38. The number of pyridine rings is 1. The molecular formula is C14H16ClN3O3S. The highest BCUT2D eigenvalue weighted by Gasteiger charge is 2.48. The zero-order chi connectivity index (χ0) is 15.8. The van der Waals surface area contributed by atoms with Gasteiger partial charge in [0.05, 0.1) is 28.7 Å². The largest absolute Gasteiger partial charge is 0.373 e. The van der Waals surface area contributed by atoms with E-state index < -0.39 is 15.4 Å². The van der Waals surface area contributed by atoms with Crippen LogP contribution in [0.2, 0.25) is 5.02 Å². The number of nitriles is 1. The number of aromatic nitrogens is 1. The Bertz CT molecular complexity index is 715. The first-order chi connectivity index (χ1) is 10.5. The van der Waals surface area contributed by atoms with Crippen molar-refractivity contribution < 1.29 is 13.2 Å². The molecule has 3 rings (SSSR count). The number of hydrogen-bond acceptors (Lipinski definition) is 6. The molecule has 2 aliphatic rings. The van der Waals surface area contributed by atoms with Crippen LogP contribution in [0.15, 0.2) is 12.3 Å². The van der Waals surface area contributed by atoms with E-state index in [1.165, 1.54) is 6.20 Å². The average Bonchev–Trinajstić information content (AvgIpc) is 2.88. The lowest BCUT2D eigenvalue weighted by Crippen LogP contribution is -2.49. The highest BCUT2D eigenvalue weighted by molar-refractivity contribution is 7.91. The topological polar surface area (TPSA) is 92.1 Å². The Balaban J connectivity index is 1.82. The zero-order valence-corrected chi connectivity index (χ0v) is 13.5. The number of halogens is 1. The normalized spacial score (nSPS) is 25.7. The van der Waals surface area contributed by atoms with Gasteiger partial charge in [0.1, 0.15) is 16.9 Å². The molecule has 118 valence electrons. The lowest BCUT2D eigenvalue weighted by atomic mass is 9.88. The molecule has 1 unspecified atom stereocenters. The summed E-state index contributed by atoms with van der Waals surface area (Å²) in [5, 5.41) is 12.6. The van der Waals surface area contributed by atoms with Crippen molar-refractivity contribution in [2.75, 3.05) is 23.4 Å². The third kappa shape index (κ3) is 2.78. The minimum Gasteiger partial charge on any atom is -0.373 e. The third-order valence-electron chi connectivity index (χ3n) is 4.42. The van der Waals surface area contributed by atoms with Gasteiger partial charge in [-0.2, -0.15) is 5.26 Å². The Morgan fingerprint density at radius 1 is 1.45 bits per heavy atom. The molecule has 3 heterocycles. The van der Waals surface area contributed by atoms with Gasteiger partial charge in [0.15, 0.2) is 9.84 Å². The molecule has 1 aromatic rings. The summed E-state index contributed by atoms with van der Waals surface area (Å²) in [5.74, 6) is 0.735. The fraction of sp³-hybridized carbons (Fsp3) is 0.571. The maximum Gasteiger partial charge on any atom is 0.150 e. The van der Waals surface area contributed by atoms with E-state index in [-0.39, 0.29) is 22.6 Å². The molecule has 2 saturated heterocycles. The van der Waals surface area contributed by atoms with Crippen molar-refractivity contribution in [3.8, 4) is 6.07 Å². The quantitative estimate of drug-likeness (QED) is 0.881. The van der Waals surface area contributed by atoms with Crippen LogP contribution in [0.4, 0.5) is 5.82 Å². The minimum absolute atomic E-state index is 0.0538. The molecular weight excluding hydrogens is 326 g/mol. The van der Waals surface area contributed by atoms with E-state index in [0.717, 1.165) is 6.42 Å². The summed E-state index contributed by atoms with van der Waals surface area (Å²) in [6, 6.07) is 3.52. The van der Waals surface area contributed by atoms with Gasteiger partial charge >= 0.3 is 0 Å². The number of nitrogens with zero attached hydrogens (tertiary/aromatic N) is 2. The number of hydrogen-bond donors (Lipinski definition) is 1. The second-order valence-electron chi connectivity index (χ2n) is 5.68. The molecule has 2 aliphatic heterocycles. The summed E-state index contributed by atoms with van der Waals surface area (Å²) in [6.07, 6.45) is 3.24. The number of nitrogens with one attached hydrogen (secondary N) is 1. The summed E-state index contributed by atoms with van der Waals surface area (Å²) in [5.41, 5.74) is -0.128. The monoisotopic (exact) mass is 341 g/mol. The van der Waals surface area contributed by atoms with Gasteiger partial charge in [-0.05, 0) is 25.3 Å². The molecule has 0 aromatic carbocycles. The molecule has 0 saturated carbocycles. The van der Waals surface area contributed by atoms with E-state index in [1.807, 2.05) is 6.07 Å². The van der Waals surface area contributed by atoms with Crippen LogP contribution in [-0.2, 0) is 14.6 Å². The Morgan fingerprint density at radius 3 is 2.86 bits per heavy atom. The van der Waals surface area contributed by atoms with Crippen molar-refractivity contribution in [3.63, 3.8) is 0 Å². The molecule has 6 nitrogen and oxygen atoms in total. The maximum absolute atomic E-state index is 11.6. The second-order valence-corrected chi connectivity index (χ2v) is 8.37. The molecule has 22 heavy (non-hydrogen) atoms. The predicted molar refractivity (Wildman–Crippen MR) is 82.6 cm³/mol. The molecule has 0 aliphatic carbocycles. The summed E-state index contributed by atoms with van der Waals surface area (Å²) >= 11 is 6.18. The molecule has 8 heteroatoms. The second kappa shape index (κ2) is 5.69. The summed E-state index contributed by atoms with van der Waals surface area (Å²) in [7, 11) is -2.95. The van der Waals surface area contributed by atoms with Gasteiger partial charge in [-0.3, -0.25) is 0 Å². The number of ether oxygens (including phenoxy) is 1. The molecule has 1 N–H and O–H groups in total. The molecule has 1 spiro atoms. The van der Waals surface area contributed by atoms with Crippen LogP contribution in [0.1, 0.15) is 24.8 Å². The van der Waals surface area contributed by atoms with Crippen LogP contribution >= 0.6 is 11.6 Å². The summed E-state index contributed by atoms with van der Waals surface area (Å²) in [6.45, 7) is 0.577. The van der Waals surface area contributed by atoms with E-state index in [0.29, 0.717) is 30.8 Å². The van der Waals surface area contributed by atoms with Gasteiger partial charge in [-0.1, -0.05) is 11.6 Å². The first-order valence-electron chi connectivity index (χ1n) is 7.11. The van der Waals surface area contributed by atoms with Crippen molar-refractivity contribution in [3.05, 3.63) is 22.8 Å². The first kappa shape index (κ1) is 15.5. The van der Waals surface area contributed by atoms with E-state index in [2.05, 4.69) is 10.3 Å². The predicted octanol–water partition coefficient (Wildman–Crippen LogP) is 1.75.